The Morgan fingerprint density at radius 3 is 2.83 bits per heavy atom. The van der Waals surface area contributed by atoms with Gasteiger partial charge in [0.15, 0.2) is 0 Å². The summed E-state index contributed by atoms with van der Waals surface area (Å²) in [4.78, 5) is 26.0. The lowest BCUT2D eigenvalue weighted by Gasteiger charge is -2.43. The number of aromatic nitrogens is 2. The molecule has 0 bridgehead atoms. The van der Waals surface area contributed by atoms with Gasteiger partial charge in [-0.3, -0.25) is 4.79 Å². The number of carbonyl (C=O) groups is 1. The van der Waals surface area contributed by atoms with Crippen molar-refractivity contribution < 1.29 is 9.90 Å². The topological polar surface area (TPSA) is 69.6 Å². The maximum Gasteiger partial charge on any atom is 0.307 e. The SMILES string of the molecule is C[C@H]1CCN1c1nc(N2CC3(C[C@@H]3C(=O)O)C2)c2cc(Cl)sc2n1. The van der Waals surface area contributed by atoms with Gasteiger partial charge in [0.25, 0.3) is 0 Å². The molecule has 1 spiro atoms. The van der Waals surface area contributed by atoms with Crippen LogP contribution in [-0.2, 0) is 4.79 Å². The minimum absolute atomic E-state index is 0.0346. The number of anilines is 2. The molecule has 24 heavy (non-hydrogen) atoms. The van der Waals surface area contributed by atoms with Crippen molar-refractivity contribution in [1.29, 1.82) is 0 Å². The number of carboxylic acids is 1. The predicted molar refractivity (Wildman–Crippen MR) is 94.2 cm³/mol. The number of rotatable bonds is 3. The Balaban J connectivity index is 1.50. The molecule has 4 heterocycles. The van der Waals surface area contributed by atoms with E-state index in [9.17, 15) is 9.90 Å². The van der Waals surface area contributed by atoms with Gasteiger partial charge < -0.3 is 14.9 Å². The average molecular weight is 365 g/mol. The third-order valence-corrected chi connectivity index (χ3v) is 6.86. The Morgan fingerprint density at radius 1 is 1.46 bits per heavy atom. The number of carboxylic acid groups (broad SMARTS) is 1. The van der Waals surface area contributed by atoms with Crippen LogP contribution in [0.4, 0.5) is 11.8 Å². The van der Waals surface area contributed by atoms with E-state index >= 15 is 0 Å². The highest BCUT2D eigenvalue weighted by molar-refractivity contribution is 7.22. The Labute approximate surface area is 148 Å². The predicted octanol–water partition coefficient (Wildman–Crippen LogP) is 2.85. The van der Waals surface area contributed by atoms with Crippen molar-refractivity contribution in [2.45, 2.75) is 25.8 Å². The number of halogens is 1. The summed E-state index contributed by atoms with van der Waals surface area (Å²) < 4.78 is 0.708. The standard InChI is InChI=1S/C16H17ClN4O2S/c1-8-2-3-21(8)15-18-12(9-4-11(17)24-13(9)19-15)20-6-16(7-20)5-10(16)14(22)23/h4,8,10H,2-3,5-7H2,1H3,(H,22,23)/t8-,10+/m0/s1. The van der Waals surface area contributed by atoms with Crippen molar-refractivity contribution in [3.63, 3.8) is 0 Å². The summed E-state index contributed by atoms with van der Waals surface area (Å²) in [6.45, 7) is 4.69. The summed E-state index contributed by atoms with van der Waals surface area (Å²) in [5, 5.41) is 10.2. The molecule has 0 unspecified atom stereocenters. The molecule has 2 atom stereocenters. The summed E-state index contributed by atoms with van der Waals surface area (Å²) in [7, 11) is 0. The Bertz CT molecular complexity index is 863. The van der Waals surface area contributed by atoms with Gasteiger partial charge in [-0.1, -0.05) is 11.6 Å². The normalized spacial score (nSPS) is 27.2. The zero-order valence-electron chi connectivity index (χ0n) is 13.2. The quantitative estimate of drug-likeness (QED) is 0.903. The molecule has 1 saturated carbocycles. The average Bonchev–Trinajstić information content (AvgIpc) is 3.13. The van der Waals surface area contributed by atoms with Crippen LogP contribution in [0.25, 0.3) is 10.2 Å². The molecule has 1 N–H and O–H groups in total. The van der Waals surface area contributed by atoms with Crippen molar-refractivity contribution >= 4 is 50.9 Å². The fraction of sp³-hybridized carbons (Fsp3) is 0.562. The third-order valence-electron chi connectivity index (χ3n) is 5.71. The van der Waals surface area contributed by atoms with Crippen LogP contribution in [-0.4, -0.2) is 46.7 Å². The van der Waals surface area contributed by atoms with Crippen molar-refractivity contribution in [3.8, 4) is 0 Å². The molecule has 6 nitrogen and oxygen atoms in total. The lowest BCUT2D eigenvalue weighted by molar-refractivity contribution is -0.139. The molecular formula is C16H17ClN4O2S. The van der Waals surface area contributed by atoms with Gasteiger partial charge in [-0.05, 0) is 25.8 Å². The fourth-order valence-corrected chi connectivity index (χ4v) is 5.04. The highest BCUT2D eigenvalue weighted by Gasteiger charge is 2.65. The van der Waals surface area contributed by atoms with E-state index in [1.165, 1.54) is 11.3 Å². The molecule has 0 aromatic carbocycles. The minimum Gasteiger partial charge on any atom is -0.481 e. The van der Waals surface area contributed by atoms with Gasteiger partial charge in [0.2, 0.25) is 5.95 Å². The summed E-state index contributed by atoms with van der Waals surface area (Å²) in [5.74, 6) is 0.809. The first-order valence-corrected chi connectivity index (χ1v) is 9.38. The van der Waals surface area contributed by atoms with Crippen molar-refractivity contribution in [1.82, 2.24) is 9.97 Å². The number of hydrogen-bond donors (Lipinski definition) is 1. The number of nitrogens with zero attached hydrogens (tertiary/aromatic N) is 4. The van der Waals surface area contributed by atoms with E-state index in [-0.39, 0.29) is 11.3 Å². The van der Waals surface area contributed by atoms with Gasteiger partial charge in [0.1, 0.15) is 10.6 Å². The van der Waals surface area contributed by atoms with E-state index in [1.807, 2.05) is 6.07 Å². The van der Waals surface area contributed by atoms with Crippen LogP contribution in [0.5, 0.6) is 0 Å². The summed E-state index contributed by atoms with van der Waals surface area (Å²) in [6.07, 6.45) is 1.95. The molecule has 2 aromatic rings. The summed E-state index contributed by atoms with van der Waals surface area (Å²) in [6, 6.07) is 2.39. The highest BCUT2D eigenvalue weighted by atomic mass is 35.5. The molecule has 2 aliphatic heterocycles. The van der Waals surface area contributed by atoms with Crippen LogP contribution in [0.3, 0.4) is 0 Å². The molecule has 126 valence electrons. The van der Waals surface area contributed by atoms with E-state index in [0.717, 1.165) is 54.5 Å². The van der Waals surface area contributed by atoms with E-state index < -0.39 is 5.97 Å². The third kappa shape index (κ3) is 1.97. The number of fused-ring (bicyclic) bond motifs is 1. The Hall–Kier alpha value is -1.60. The van der Waals surface area contributed by atoms with Crippen molar-refractivity contribution in [3.05, 3.63) is 10.4 Å². The second-order valence-electron chi connectivity index (χ2n) is 7.26. The van der Waals surface area contributed by atoms with Crippen molar-refractivity contribution in [2.24, 2.45) is 11.3 Å². The second-order valence-corrected chi connectivity index (χ2v) is 8.92. The van der Waals surface area contributed by atoms with E-state index in [4.69, 9.17) is 21.6 Å². The van der Waals surface area contributed by atoms with Gasteiger partial charge in [0, 0.05) is 31.1 Å². The summed E-state index contributed by atoms with van der Waals surface area (Å²) in [5.41, 5.74) is -0.0346. The first-order valence-electron chi connectivity index (χ1n) is 8.18. The van der Waals surface area contributed by atoms with Crippen LogP contribution >= 0.6 is 22.9 Å². The first-order chi connectivity index (χ1) is 11.5. The Kier molecular flexibility index (Phi) is 2.90. The molecule has 2 saturated heterocycles. The van der Waals surface area contributed by atoms with Gasteiger partial charge in [-0.15, -0.1) is 11.3 Å². The molecule has 0 radical (unpaired) electrons. The highest BCUT2D eigenvalue weighted by Crippen LogP contribution is 2.59. The van der Waals surface area contributed by atoms with E-state index in [1.54, 1.807) is 0 Å². The lowest BCUT2D eigenvalue weighted by Crippen LogP contribution is -2.51. The molecular weight excluding hydrogens is 348 g/mol. The smallest absolute Gasteiger partial charge is 0.307 e. The number of aliphatic carboxylic acids is 1. The molecule has 2 aromatic heterocycles. The maximum absolute atomic E-state index is 11.2. The summed E-state index contributed by atoms with van der Waals surface area (Å²) >= 11 is 7.68. The van der Waals surface area contributed by atoms with Crippen LogP contribution in [0.15, 0.2) is 6.07 Å². The first kappa shape index (κ1) is 14.7. The Morgan fingerprint density at radius 2 is 2.25 bits per heavy atom. The molecule has 5 rings (SSSR count). The lowest BCUT2D eigenvalue weighted by atomic mass is 9.93. The van der Waals surface area contributed by atoms with Crippen LogP contribution < -0.4 is 9.80 Å². The number of thiophene rings is 1. The number of hydrogen-bond acceptors (Lipinski definition) is 6. The van der Waals surface area contributed by atoms with Crippen LogP contribution in [0, 0.1) is 11.3 Å². The maximum atomic E-state index is 11.2. The largest absolute Gasteiger partial charge is 0.481 e. The van der Waals surface area contributed by atoms with Gasteiger partial charge in [-0.2, -0.15) is 4.98 Å². The zero-order valence-corrected chi connectivity index (χ0v) is 14.8. The molecule has 3 aliphatic rings. The van der Waals surface area contributed by atoms with Crippen molar-refractivity contribution in [2.75, 3.05) is 29.4 Å². The zero-order chi connectivity index (χ0) is 16.6. The van der Waals surface area contributed by atoms with Crippen LogP contribution in [0.1, 0.15) is 19.8 Å². The van der Waals surface area contributed by atoms with Gasteiger partial charge >= 0.3 is 5.97 Å². The molecule has 8 heteroatoms. The molecule has 3 fully saturated rings. The fourth-order valence-electron chi connectivity index (χ4n) is 3.96. The van der Waals surface area contributed by atoms with E-state index in [2.05, 4.69) is 16.7 Å². The van der Waals surface area contributed by atoms with Gasteiger partial charge in [-0.25, -0.2) is 4.98 Å². The minimum atomic E-state index is -0.670. The van der Waals surface area contributed by atoms with Gasteiger partial charge in [0.05, 0.1) is 15.6 Å². The molecule has 0 amide bonds. The second kappa shape index (κ2) is 4.73. The molecule has 1 aliphatic carbocycles. The van der Waals surface area contributed by atoms with Crippen LogP contribution in [0.2, 0.25) is 4.34 Å². The monoisotopic (exact) mass is 364 g/mol. The van der Waals surface area contributed by atoms with E-state index in [0.29, 0.717) is 10.4 Å².